The van der Waals surface area contributed by atoms with E-state index in [1.165, 1.54) is 9.87 Å². The number of rotatable bonds is 3. The van der Waals surface area contributed by atoms with E-state index in [9.17, 15) is 13.2 Å². The molecule has 2 saturated heterocycles. The Balaban J connectivity index is 1.34. The first kappa shape index (κ1) is 18.4. The van der Waals surface area contributed by atoms with Crippen LogP contribution in [0.4, 0.5) is 4.79 Å². The number of nitrogens with zero attached hydrogens (tertiary/aromatic N) is 2. The number of fused-ring (bicyclic) bond motifs is 3. The Labute approximate surface area is 172 Å². The van der Waals surface area contributed by atoms with E-state index in [1.807, 2.05) is 17.0 Å². The molecule has 2 fully saturated rings. The van der Waals surface area contributed by atoms with Gasteiger partial charge in [0.15, 0.2) is 0 Å². The lowest BCUT2D eigenvalue weighted by atomic mass is 10.00. The molecule has 2 unspecified atom stereocenters. The van der Waals surface area contributed by atoms with E-state index in [0.717, 1.165) is 23.3 Å². The molecule has 2 atom stereocenters. The van der Waals surface area contributed by atoms with Gasteiger partial charge in [0.25, 0.3) is 10.0 Å². The highest BCUT2D eigenvalue weighted by Gasteiger charge is 2.50. The molecule has 2 aliphatic heterocycles. The third-order valence-electron chi connectivity index (χ3n) is 5.87. The molecular formula is C19H19ClN2O4S2. The van der Waals surface area contributed by atoms with E-state index in [0.29, 0.717) is 30.3 Å². The molecule has 0 bridgehead atoms. The van der Waals surface area contributed by atoms with Gasteiger partial charge in [-0.1, -0.05) is 35.9 Å². The van der Waals surface area contributed by atoms with Gasteiger partial charge in [0.2, 0.25) is 0 Å². The maximum atomic E-state index is 12.8. The van der Waals surface area contributed by atoms with Crippen LogP contribution in [0.2, 0.25) is 4.34 Å². The highest BCUT2D eigenvalue weighted by atomic mass is 35.5. The molecule has 1 aromatic carbocycles. The van der Waals surface area contributed by atoms with Crippen LogP contribution in [0, 0.1) is 0 Å². The average molecular weight is 439 g/mol. The summed E-state index contributed by atoms with van der Waals surface area (Å²) in [6.45, 7) is 0.761. The zero-order valence-electron chi connectivity index (χ0n) is 15.0. The summed E-state index contributed by atoms with van der Waals surface area (Å²) in [5.41, 5.74) is 2.38. The normalized spacial score (nSPS) is 25.6. The first-order chi connectivity index (χ1) is 13.4. The van der Waals surface area contributed by atoms with Crippen LogP contribution in [-0.2, 0) is 21.2 Å². The number of halogens is 1. The number of sulfonamides is 1. The SMILES string of the molecule is O=C1OC2Cc3ccccc3C2N1C1CCN(S(=O)(=O)c2ccc(Cl)s2)CC1. The van der Waals surface area contributed by atoms with E-state index < -0.39 is 10.0 Å². The van der Waals surface area contributed by atoms with Crippen molar-refractivity contribution in [1.82, 2.24) is 9.21 Å². The lowest BCUT2D eigenvalue weighted by molar-refractivity contribution is 0.119. The fourth-order valence-electron chi connectivity index (χ4n) is 4.58. The van der Waals surface area contributed by atoms with Crippen molar-refractivity contribution in [2.75, 3.05) is 13.1 Å². The molecule has 2 aromatic rings. The number of amides is 1. The molecule has 6 nitrogen and oxygen atoms in total. The van der Waals surface area contributed by atoms with Gasteiger partial charge >= 0.3 is 6.09 Å². The Bertz CT molecular complexity index is 1030. The van der Waals surface area contributed by atoms with Crippen molar-refractivity contribution in [3.63, 3.8) is 0 Å². The van der Waals surface area contributed by atoms with Gasteiger partial charge in [-0.25, -0.2) is 13.2 Å². The Morgan fingerprint density at radius 3 is 2.57 bits per heavy atom. The second-order valence-corrected chi connectivity index (χ2v) is 11.3. The van der Waals surface area contributed by atoms with Crippen LogP contribution in [0.1, 0.15) is 30.0 Å². The predicted octanol–water partition coefficient (Wildman–Crippen LogP) is 3.67. The molecule has 3 aliphatic rings. The molecule has 1 amide bonds. The second-order valence-electron chi connectivity index (χ2n) is 7.37. The van der Waals surface area contributed by atoms with E-state index in [-0.39, 0.29) is 28.5 Å². The minimum Gasteiger partial charge on any atom is -0.443 e. The van der Waals surface area contributed by atoms with Crippen LogP contribution >= 0.6 is 22.9 Å². The standard InChI is InChI=1S/C19H19ClN2O4S2/c20-16-5-6-17(27-16)28(24,25)21-9-7-13(8-10-21)22-18-14-4-2-1-3-12(14)11-15(18)26-19(22)23/h1-6,13,15,18H,7-11H2. The van der Waals surface area contributed by atoms with Gasteiger partial charge in [-0.15, -0.1) is 11.3 Å². The summed E-state index contributed by atoms with van der Waals surface area (Å²) < 4.78 is 33.5. The van der Waals surface area contributed by atoms with Crippen LogP contribution in [-0.4, -0.2) is 49.0 Å². The molecule has 1 aliphatic carbocycles. The van der Waals surface area contributed by atoms with Gasteiger partial charge < -0.3 is 4.74 Å². The van der Waals surface area contributed by atoms with Crippen molar-refractivity contribution >= 4 is 39.1 Å². The highest BCUT2D eigenvalue weighted by molar-refractivity contribution is 7.91. The fraction of sp³-hybridized carbons (Fsp3) is 0.421. The van der Waals surface area contributed by atoms with Gasteiger partial charge in [-0.3, -0.25) is 4.90 Å². The largest absolute Gasteiger partial charge is 0.443 e. The molecule has 0 saturated carbocycles. The number of benzene rings is 1. The summed E-state index contributed by atoms with van der Waals surface area (Å²) in [5, 5.41) is 0. The van der Waals surface area contributed by atoms with E-state index in [1.54, 1.807) is 12.1 Å². The van der Waals surface area contributed by atoms with Crippen molar-refractivity contribution in [2.45, 2.75) is 41.7 Å². The van der Waals surface area contributed by atoms with Gasteiger partial charge in [0, 0.05) is 25.6 Å². The van der Waals surface area contributed by atoms with Crippen molar-refractivity contribution < 1.29 is 17.9 Å². The highest BCUT2D eigenvalue weighted by Crippen LogP contribution is 2.45. The molecule has 1 aromatic heterocycles. The smallest absolute Gasteiger partial charge is 0.411 e. The van der Waals surface area contributed by atoms with Crippen LogP contribution in [0.15, 0.2) is 40.6 Å². The number of thiophene rings is 1. The van der Waals surface area contributed by atoms with Crippen LogP contribution in [0.25, 0.3) is 0 Å². The number of hydrogen-bond donors (Lipinski definition) is 0. The lowest BCUT2D eigenvalue weighted by Crippen LogP contribution is -2.47. The first-order valence-corrected chi connectivity index (χ1v) is 11.9. The van der Waals surface area contributed by atoms with Gasteiger partial charge in [0.1, 0.15) is 10.3 Å². The number of carbonyl (C=O) groups excluding carboxylic acids is 1. The van der Waals surface area contributed by atoms with E-state index in [2.05, 4.69) is 12.1 Å². The number of hydrogen-bond acceptors (Lipinski definition) is 5. The Morgan fingerprint density at radius 2 is 1.86 bits per heavy atom. The Morgan fingerprint density at radius 1 is 1.11 bits per heavy atom. The quantitative estimate of drug-likeness (QED) is 0.733. The monoisotopic (exact) mass is 438 g/mol. The number of piperidine rings is 1. The topological polar surface area (TPSA) is 66.9 Å². The molecule has 9 heteroatoms. The number of carbonyl (C=O) groups is 1. The fourth-order valence-corrected chi connectivity index (χ4v) is 7.68. The zero-order chi connectivity index (χ0) is 19.5. The third kappa shape index (κ3) is 2.85. The summed E-state index contributed by atoms with van der Waals surface area (Å²) in [7, 11) is -3.54. The first-order valence-electron chi connectivity index (χ1n) is 9.27. The van der Waals surface area contributed by atoms with Crippen LogP contribution in [0.5, 0.6) is 0 Å². The molecular weight excluding hydrogens is 420 g/mol. The van der Waals surface area contributed by atoms with Crippen molar-refractivity contribution in [3.05, 3.63) is 51.9 Å². The minimum atomic E-state index is -3.54. The van der Waals surface area contributed by atoms with Crippen molar-refractivity contribution in [2.24, 2.45) is 0 Å². The maximum Gasteiger partial charge on any atom is 0.411 e. The molecule has 0 radical (unpaired) electrons. The van der Waals surface area contributed by atoms with Gasteiger partial charge in [-0.05, 0) is 36.1 Å². The van der Waals surface area contributed by atoms with E-state index >= 15 is 0 Å². The van der Waals surface area contributed by atoms with Crippen molar-refractivity contribution in [1.29, 1.82) is 0 Å². The van der Waals surface area contributed by atoms with Gasteiger partial charge in [-0.2, -0.15) is 4.31 Å². The zero-order valence-corrected chi connectivity index (χ0v) is 17.3. The molecule has 0 N–H and O–H groups in total. The summed E-state index contributed by atoms with van der Waals surface area (Å²) >= 11 is 6.97. The molecule has 5 rings (SSSR count). The lowest BCUT2D eigenvalue weighted by Gasteiger charge is -2.37. The maximum absolute atomic E-state index is 12.8. The Hall–Kier alpha value is -1.61. The predicted molar refractivity (Wildman–Crippen MR) is 106 cm³/mol. The van der Waals surface area contributed by atoms with Crippen LogP contribution < -0.4 is 0 Å². The summed E-state index contributed by atoms with van der Waals surface area (Å²) in [6.07, 6.45) is 1.52. The third-order valence-corrected chi connectivity index (χ3v) is 9.47. The number of ether oxygens (including phenoxy) is 1. The minimum absolute atomic E-state index is 0.0213. The molecule has 0 spiro atoms. The van der Waals surface area contributed by atoms with E-state index in [4.69, 9.17) is 16.3 Å². The molecule has 3 heterocycles. The summed E-state index contributed by atoms with van der Waals surface area (Å²) in [5.74, 6) is 0. The summed E-state index contributed by atoms with van der Waals surface area (Å²) in [4.78, 5) is 14.4. The molecule has 28 heavy (non-hydrogen) atoms. The molecule has 148 valence electrons. The summed E-state index contributed by atoms with van der Waals surface area (Å²) in [6, 6.07) is 11.2. The van der Waals surface area contributed by atoms with Gasteiger partial charge in [0.05, 0.1) is 10.4 Å². The van der Waals surface area contributed by atoms with Crippen LogP contribution in [0.3, 0.4) is 0 Å². The van der Waals surface area contributed by atoms with Crippen molar-refractivity contribution in [3.8, 4) is 0 Å². The average Bonchev–Trinajstić information content (AvgIpc) is 3.35. The Kier molecular flexibility index (Phi) is 4.42. The second kappa shape index (κ2) is 6.73.